The first-order valence-corrected chi connectivity index (χ1v) is 38.7. The second-order valence-corrected chi connectivity index (χ2v) is 27.8. The highest BCUT2D eigenvalue weighted by Crippen LogP contribution is 2.33. The van der Waals surface area contributed by atoms with Crippen molar-refractivity contribution in [2.75, 3.05) is 26.4 Å². The Morgan fingerprint density at radius 3 is 1.08 bits per heavy atom. The first kappa shape index (κ1) is 87.2. The Kier molecular flexibility index (Phi) is 52.9. The Bertz CT molecular complexity index is 1860. The van der Waals surface area contributed by atoms with Crippen molar-refractivity contribution >= 4 is 5.91 Å². The van der Waals surface area contributed by atoms with Crippen molar-refractivity contribution < 1.29 is 89.4 Å². The maximum absolute atomic E-state index is 13.5. The number of ether oxygens (including phenoxy) is 6. The van der Waals surface area contributed by atoms with Gasteiger partial charge in [0.15, 0.2) is 18.9 Å². The van der Waals surface area contributed by atoms with Crippen LogP contribution in [0.4, 0.5) is 0 Å². The molecule has 3 rings (SSSR count). The maximum Gasteiger partial charge on any atom is 0.220 e. The molecule has 3 fully saturated rings. The molecule has 0 aromatic carbocycles. The molecule has 0 aromatic rings. The van der Waals surface area contributed by atoms with Gasteiger partial charge in [0.05, 0.1) is 38.6 Å². The topological polar surface area (TPSA) is 307 Å². The molecule has 3 aliphatic rings. The van der Waals surface area contributed by atoms with Crippen LogP contribution in [0.5, 0.6) is 0 Å². The van der Waals surface area contributed by atoms with Gasteiger partial charge in [-0.2, -0.15) is 0 Å². The number of aliphatic hydroxyl groups is 11. The molecule has 0 spiro atoms. The van der Waals surface area contributed by atoms with E-state index in [4.69, 9.17) is 28.4 Å². The van der Waals surface area contributed by atoms with E-state index in [2.05, 4.69) is 55.6 Å². The number of aliphatic hydroxyl groups excluding tert-OH is 11. The Morgan fingerprint density at radius 2 is 0.695 bits per heavy atom. The summed E-state index contributed by atoms with van der Waals surface area (Å²) in [6.07, 6.45) is 42.2. The largest absolute Gasteiger partial charge is 0.394 e. The van der Waals surface area contributed by atoms with Crippen LogP contribution in [0.2, 0.25) is 0 Å². The van der Waals surface area contributed by atoms with Gasteiger partial charge in [0.1, 0.15) is 73.2 Å². The molecule has 0 bridgehead atoms. The van der Waals surface area contributed by atoms with Crippen molar-refractivity contribution in [3.8, 4) is 0 Å². The number of hydrogen-bond donors (Lipinski definition) is 12. The molecule has 1 amide bonds. The molecule has 3 aliphatic heterocycles. The van der Waals surface area contributed by atoms with Crippen LogP contribution in [-0.2, 0) is 33.2 Å². The third-order valence-electron chi connectivity index (χ3n) is 19.5. The monoisotopic (exact) mass is 1360 g/mol. The number of amides is 1. The SMILES string of the molecule is CCCCCCC/C=C\C/C=C\C/C=C\CCCCCCCCCCCCC(=O)NC(COC1OC(CO)C(OC2OC(CO)C(OC3OC(CO)C(O)C(O)C3O)C(O)C2O)C(O)C1O)C(O)CCCCCCCCCCCCCCCCCCCCCCCCCCC. The second kappa shape index (κ2) is 57.6. The Labute approximate surface area is 574 Å². The summed E-state index contributed by atoms with van der Waals surface area (Å²) in [5.41, 5.74) is 0. The Balaban J connectivity index is 1.40. The summed E-state index contributed by atoms with van der Waals surface area (Å²) in [6, 6.07) is -0.891. The minimum Gasteiger partial charge on any atom is -0.394 e. The van der Waals surface area contributed by atoms with Crippen LogP contribution in [-0.4, -0.2) is 193 Å². The first-order chi connectivity index (χ1) is 46.3. The summed E-state index contributed by atoms with van der Waals surface area (Å²) in [4.78, 5) is 13.5. The van der Waals surface area contributed by atoms with Gasteiger partial charge in [-0.15, -0.1) is 0 Å². The lowest BCUT2D eigenvalue weighted by Gasteiger charge is -2.48. The van der Waals surface area contributed by atoms with E-state index < -0.39 is 124 Å². The number of unbranched alkanes of at least 4 members (excludes halogenated alkanes) is 39. The molecule has 17 unspecified atom stereocenters. The van der Waals surface area contributed by atoms with E-state index >= 15 is 0 Å². The molecule has 3 saturated heterocycles. The first-order valence-electron chi connectivity index (χ1n) is 38.7. The molecular weight excluding hydrogens is 1210 g/mol. The quantitative estimate of drug-likeness (QED) is 0.0199. The van der Waals surface area contributed by atoms with E-state index in [1.54, 1.807) is 0 Å². The average Bonchev–Trinajstić information content (AvgIpc) is 0.787. The van der Waals surface area contributed by atoms with Crippen LogP contribution in [0.15, 0.2) is 36.5 Å². The second-order valence-electron chi connectivity index (χ2n) is 27.8. The van der Waals surface area contributed by atoms with Gasteiger partial charge in [-0.1, -0.05) is 288 Å². The zero-order valence-electron chi connectivity index (χ0n) is 59.4. The highest BCUT2D eigenvalue weighted by atomic mass is 16.8. The molecule has 0 aromatic heterocycles. The smallest absolute Gasteiger partial charge is 0.220 e. The fourth-order valence-corrected chi connectivity index (χ4v) is 13.2. The molecule has 17 atom stereocenters. The van der Waals surface area contributed by atoms with Crippen molar-refractivity contribution in [3.63, 3.8) is 0 Å². The van der Waals surface area contributed by atoms with Crippen LogP contribution in [0, 0.1) is 0 Å². The maximum atomic E-state index is 13.5. The summed E-state index contributed by atoms with van der Waals surface area (Å²) >= 11 is 0. The van der Waals surface area contributed by atoms with Crippen molar-refractivity contribution in [2.24, 2.45) is 0 Å². The fourth-order valence-electron chi connectivity index (χ4n) is 13.2. The summed E-state index contributed by atoms with van der Waals surface area (Å²) < 4.78 is 34.5. The third kappa shape index (κ3) is 38.6. The minimum absolute atomic E-state index is 0.243. The number of allylic oxidation sites excluding steroid dienone is 6. The van der Waals surface area contributed by atoms with Crippen LogP contribution in [0.3, 0.4) is 0 Å². The van der Waals surface area contributed by atoms with E-state index in [9.17, 15) is 61.0 Å². The van der Waals surface area contributed by atoms with Crippen LogP contribution in [0.1, 0.15) is 309 Å². The standard InChI is InChI=1S/C76H141NO18/c1-3-5-7-9-11-13-15-17-19-21-23-25-27-29-31-33-35-37-39-41-43-45-47-49-51-53-60(81)59(77-64(82)54-52-50-48-46-44-42-40-38-36-34-32-30-28-26-24-22-20-18-16-14-12-10-8-6-4-2)58-90-74-70(88)67(85)72(62(56-79)92-74)95-76-71(89)68(86)73(63(57-80)93-76)94-75-69(87)66(84)65(83)61(55-78)91-75/h16,18,22,24,28,30,59-63,65-76,78-81,83-89H,3-15,17,19-21,23,25-27,29,31-58H2,1-2H3,(H,77,82)/b18-16-,24-22-,30-28-. The molecule has 0 saturated carbocycles. The number of rotatable bonds is 61. The van der Waals surface area contributed by atoms with Gasteiger partial charge in [-0.3, -0.25) is 4.79 Å². The Hall–Kier alpha value is -1.99. The summed E-state index contributed by atoms with van der Waals surface area (Å²) in [5.74, 6) is -0.243. The minimum atomic E-state index is -1.97. The van der Waals surface area contributed by atoms with Gasteiger partial charge in [0, 0.05) is 6.42 Å². The summed E-state index contributed by atoms with van der Waals surface area (Å²) in [6.45, 7) is 1.83. The van der Waals surface area contributed by atoms with Crippen LogP contribution in [0.25, 0.3) is 0 Å². The molecule has 19 heteroatoms. The summed E-state index contributed by atoms with van der Waals surface area (Å²) in [5, 5.41) is 121. The lowest BCUT2D eigenvalue weighted by Crippen LogP contribution is -2.66. The predicted octanol–water partition coefficient (Wildman–Crippen LogP) is 11.9. The molecule has 558 valence electrons. The molecule has 3 heterocycles. The zero-order chi connectivity index (χ0) is 68.9. The van der Waals surface area contributed by atoms with E-state index in [0.29, 0.717) is 12.8 Å². The highest BCUT2D eigenvalue weighted by Gasteiger charge is 2.54. The van der Waals surface area contributed by atoms with Gasteiger partial charge >= 0.3 is 0 Å². The lowest BCUT2D eigenvalue weighted by molar-refractivity contribution is -0.379. The average molecular weight is 1360 g/mol. The number of carbonyl (C=O) groups excluding carboxylic acids is 1. The van der Waals surface area contributed by atoms with Crippen molar-refractivity contribution in [1.82, 2.24) is 5.32 Å². The van der Waals surface area contributed by atoms with Gasteiger partial charge in [-0.05, 0) is 51.4 Å². The van der Waals surface area contributed by atoms with E-state index in [1.807, 2.05) is 0 Å². The van der Waals surface area contributed by atoms with Gasteiger partial charge in [0.25, 0.3) is 0 Å². The fraction of sp³-hybridized carbons (Fsp3) is 0.908. The molecule has 0 aliphatic carbocycles. The van der Waals surface area contributed by atoms with Crippen molar-refractivity contribution in [2.45, 2.75) is 413 Å². The Morgan fingerprint density at radius 1 is 0.379 bits per heavy atom. The number of hydrogen-bond acceptors (Lipinski definition) is 18. The number of carbonyl (C=O) groups is 1. The third-order valence-corrected chi connectivity index (χ3v) is 19.5. The number of nitrogens with one attached hydrogen (secondary N) is 1. The van der Waals surface area contributed by atoms with Gasteiger partial charge in [0.2, 0.25) is 5.91 Å². The normalized spacial score (nSPS) is 27.4. The van der Waals surface area contributed by atoms with Crippen molar-refractivity contribution in [1.29, 1.82) is 0 Å². The van der Waals surface area contributed by atoms with Gasteiger partial charge < -0.3 is 89.9 Å². The predicted molar refractivity (Wildman–Crippen MR) is 374 cm³/mol. The lowest BCUT2D eigenvalue weighted by atomic mass is 9.96. The van der Waals surface area contributed by atoms with Crippen LogP contribution >= 0.6 is 0 Å². The van der Waals surface area contributed by atoms with E-state index in [1.165, 1.54) is 212 Å². The highest BCUT2D eigenvalue weighted by molar-refractivity contribution is 5.76. The summed E-state index contributed by atoms with van der Waals surface area (Å²) in [7, 11) is 0. The molecule has 0 radical (unpaired) electrons. The van der Waals surface area contributed by atoms with E-state index in [0.717, 1.165) is 64.2 Å². The van der Waals surface area contributed by atoms with Gasteiger partial charge in [-0.25, -0.2) is 0 Å². The van der Waals surface area contributed by atoms with E-state index in [-0.39, 0.29) is 18.9 Å². The van der Waals surface area contributed by atoms with Crippen LogP contribution < -0.4 is 5.32 Å². The molecule has 12 N–H and O–H groups in total. The molecule has 95 heavy (non-hydrogen) atoms. The molecule has 19 nitrogen and oxygen atoms in total. The van der Waals surface area contributed by atoms with Crippen molar-refractivity contribution in [3.05, 3.63) is 36.5 Å². The zero-order valence-corrected chi connectivity index (χ0v) is 59.4. The molecular formula is C76H141NO18.